The van der Waals surface area contributed by atoms with Gasteiger partial charge >= 0.3 is 5.97 Å². The van der Waals surface area contributed by atoms with Gasteiger partial charge < -0.3 is 10.0 Å². The highest BCUT2D eigenvalue weighted by Gasteiger charge is 2.12. The first-order valence-electron chi connectivity index (χ1n) is 18.7. The van der Waals surface area contributed by atoms with Crippen LogP contribution in [0.5, 0.6) is 0 Å². The molecule has 0 spiro atoms. The van der Waals surface area contributed by atoms with Crippen LogP contribution in [0, 0.1) is 23.7 Å². The summed E-state index contributed by atoms with van der Waals surface area (Å²) >= 11 is 0. The maximum Gasteiger partial charge on any atom is 0.335 e. The second-order valence-corrected chi connectivity index (χ2v) is 13.3. The van der Waals surface area contributed by atoms with E-state index in [4.69, 9.17) is 0 Å². The van der Waals surface area contributed by atoms with E-state index < -0.39 is 5.97 Å². The van der Waals surface area contributed by atoms with Crippen LogP contribution in [0.3, 0.4) is 0 Å². The molecule has 0 aliphatic carbocycles. The topological polar surface area (TPSA) is 40.5 Å². The first-order valence-corrected chi connectivity index (χ1v) is 18.7. The number of hydrogen-bond acceptors (Lipinski definition) is 2. The fourth-order valence-electron chi connectivity index (χ4n) is 6.65. The van der Waals surface area contributed by atoms with Crippen molar-refractivity contribution in [3.05, 3.63) is 125 Å². The lowest BCUT2D eigenvalue weighted by Gasteiger charge is -2.25. The molecule has 0 saturated carbocycles. The molecule has 0 atom stereocenters. The number of carboxylic acid groups (broad SMARTS) is 1. The summed E-state index contributed by atoms with van der Waals surface area (Å²) in [6.45, 7) is 6.80. The minimum Gasteiger partial charge on any atom is -0.478 e. The quantitative estimate of drug-likeness (QED) is 0.0650. The van der Waals surface area contributed by atoms with Gasteiger partial charge in [0, 0.05) is 41.0 Å². The molecule has 0 radical (unpaired) electrons. The van der Waals surface area contributed by atoms with Crippen LogP contribution in [-0.2, 0) is 0 Å². The van der Waals surface area contributed by atoms with Gasteiger partial charge in [-0.3, -0.25) is 0 Å². The second kappa shape index (κ2) is 19.3. The zero-order chi connectivity index (χ0) is 35.0. The number of unbranched alkanes of at least 4 members (excludes halogenated alkanes) is 10. The molecule has 0 saturated heterocycles. The lowest BCUT2D eigenvalue weighted by molar-refractivity contribution is 0.0697. The Morgan fingerprint density at radius 3 is 1.28 bits per heavy atom. The number of fused-ring (bicyclic) bond motifs is 2. The summed E-state index contributed by atoms with van der Waals surface area (Å²) in [4.78, 5) is 13.9. The van der Waals surface area contributed by atoms with Crippen molar-refractivity contribution in [3.63, 3.8) is 0 Å². The Bertz CT molecular complexity index is 1890. The summed E-state index contributed by atoms with van der Waals surface area (Å²) < 4.78 is 0. The predicted octanol–water partition coefficient (Wildman–Crippen LogP) is 12.0. The first kappa shape index (κ1) is 36.3. The van der Waals surface area contributed by atoms with E-state index in [0.717, 1.165) is 56.9 Å². The predicted molar refractivity (Wildman–Crippen MR) is 212 cm³/mol. The number of carboxylic acids is 1. The summed E-state index contributed by atoms with van der Waals surface area (Å²) in [5.41, 5.74) is 5.29. The Kier molecular flexibility index (Phi) is 14.0. The molecule has 0 fully saturated rings. The molecule has 0 aliphatic heterocycles. The first-order chi connectivity index (χ1) is 24.6. The van der Waals surface area contributed by atoms with E-state index in [-0.39, 0.29) is 5.56 Å². The fourth-order valence-corrected chi connectivity index (χ4v) is 6.65. The zero-order valence-electron chi connectivity index (χ0n) is 29.9. The molecule has 3 nitrogen and oxygen atoms in total. The largest absolute Gasteiger partial charge is 0.478 e. The van der Waals surface area contributed by atoms with Gasteiger partial charge in [0.05, 0.1) is 5.56 Å². The minimum atomic E-state index is -0.942. The van der Waals surface area contributed by atoms with Crippen molar-refractivity contribution in [1.82, 2.24) is 0 Å². The monoisotopic (exact) mass is 661 g/mol. The maximum atomic E-state index is 11.3. The summed E-state index contributed by atoms with van der Waals surface area (Å²) in [5, 5.41) is 13.5. The van der Waals surface area contributed by atoms with Crippen molar-refractivity contribution in [1.29, 1.82) is 0 Å². The highest BCUT2D eigenvalue weighted by atomic mass is 16.4. The Hall–Kier alpha value is -4.99. The Balaban J connectivity index is 1.39. The number of hydrogen-bond donors (Lipinski definition) is 1. The Morgan fingerprint density at radius 1 is 0.500 bits per heavy atom. The number of aromatic carboxylic acids is 1. The molecule has 256 valence electrons. The smallest absolute Gasteiger partial charge is 0.335 e. The van der Waals surface area contributed by atoms with Gasteiger partial charge in [-0.1, -0.05) is 150 Å². The van der Waals surface area contributed by atoms with Crippen molar-refractivity contribution in [3.8, 4) is 23.7 Å². The second-order valence-electron chi connectivity index (χ2n) is 13.3. The molecule has 5 aromatic carbocycles. The third kappa shape index (κ3) is 10.0. The molecule has 0 aromatic heterocycles. The van der Waals surface area contributed by atoms with Gasteiger partial charge in [-0.05, 0) is 82.9 Å². The SMILES string of the molecule is CCCCCCCCN(CCCCCCCC)c1ccc(C#Cc2c3ccccc3c(C#Cc3ccc(C(=O)O)cc3)c3ccccc23)cc1. The van der Waals surface area contributed by atoms with Gasteiger partial charge in [0.25, 0.3) is 0 Å². The van der Waals surface area contributed by atoms with Crippen LogP contribution in [0.4, 0.5) is 5.69 Å². The molecule has 0 bridgehead atoms. The van der Waals surface area contributed by atoms with Crippen molar-refractivity contribution in [2.24, 2.45) is 0 Å². The minimum absolute atomic E-state index is 0.252. The number of carbonyl (C=O) groups is 1. The normalized spacial score (nSPS) is 10.8. The van der Waals surface area contributed by atoms with Crippen LogP contribution in [0.1, 0.15) is 124 Å². The number of anilines is 1. The molecule has 3 heteroatoms. The lowest BCUT2D eigenvalue weighted by Crippen LogP contribution is -2.25. The highest BCUT2D eigenvalue weighted by Crippen LogP contribution is 2.32. The maximum absolute atomic E-state index is 11.3. The third-order valence-corrected chi connectivity index (χ3v) is 9.52. The Morgan fingerprint density at radius 2 is 0.880 bits per heavy atom. The van der Waals surface area contributed by atoms with E-state index in [2.05, 4.69) is 103 Å². The van der Waals surface area contributed by atoms with Crippen LogP contribution in [0.2, 0.25) is 0 Å². The standard InChI is InChI=1S/C47H51NO2/c1-3-5-7-9-11-17-35-48(36-18-12-10-8-6-4-2)40-31-25-38(26-32-40)28-34-46-43-21-15-13-19-41(43)45(42-20-14-16-22-44(42)46)33-27-37-23-29-39(30-24-37)47(49)50/h13-16,19-26,29-32H,3-12,17-18,35-36H2,1-2H3,(H,49,50). The summed E-state index contributed by atoms with van der Waals surface area (Å²) in [6.07, 6.45) is 15.8. The zero-order valence-corrected chi connectivity index (χ0v) is 29.9. The number of benzene rings is 5. The van der Waals surface area contributed by atoms with E-state index in [1.807, 2.05) is 12.1 Å². The van der Waals surface area contributed by atoms with Crippen molar-refractivity contribution < 1.29 is 9.90 Å². The molecule has 0 unspecified atom stereocenters. The van der Waals surface area contributed by atoms with Crippen molar-refractivity contribution >= 4 is 33.2 Å². The fraction of sp³-hybridized carbons (Fsp3) is 0.340. The van der Waals surface area contributed by atoms with Crippen LogP contribution < -0.4 is 4.90 Å². The van der Waals surface area contributed by atoms with Gasteiger partial charge in [-0.2, -0.15) is 0 Å². The molecule has 5 aromatic rings. The summed E-state index contributed by atoms with van der Waals surface area (Å²) in [6, 6.07) is 32.3. The van der Waals surface area contributed by atoms with Crippen molar-refractivity contribution in [2.45, 2.75) is 90.9 Å². The third-order valence-electron chi connectivity index (χ3n) is 9.52. The Labute approximate surface area is 299 Å². The highest BCUT2D eigenvalue weighted by molar-refractivity contribution is 6.09. The summed E-state index contributed by atoms with van der Waals surface area (Å²) in [5.74, 6) is 12.8. The van der Waals surface area contributed by atoms with E-state index >= 15 is 0 Å². The molecule has 0 heterocycles. The van der Waals surface area contributed by atoms with Gasteiger partial charge in [-0.25, -0.2) is 4.79 Å². The average molecular weight is 662 g/mol. The van der Waals surface area contributed by atoms with E-state index in [9.17, 15) is 9.90 Å². The molecule has 5 rings (SSSR count). The van der Waals surface area contributed by atoms with Crippen LogP contribution in [0.25, 0.3) is 21.5 Å². The molecule has 0 amide bonds. The molecule has 1 N–H and O–H groups in total. The molecule has 50 heavy (non-hydrogen) atoms. The van der Waals surface area contributed by atoms with Crippen LogP contribution in [0.15, 0.2) is 97.1 Å². The molecular weight excluding hydrogens is 611 g/mol. The van der Waals surface area contributed by atoms with Gasteiger partial charge in [0.2, 0.25) is 0 Å². The van der Waals surface area contributed by atoms with E-state index in [0.29, 0.717) is 0 Å². The lowest BCUT2D eigenvalue weighted by atomic mass is 9.92. The number of nitrogens with zero attached hydrogens (tertiary/aromatic N) is 1. The summed E-state index contributed by atoms with van der Waals surface area (Å²) in [7, 11) is 0. The van der Waals surface area contributed by atoms with E-state index in [1.54, 1.807) is 24.3 Å². The van der Waals surface area contributed by atoms with Gasteiger partial charge in [-0.15, -0.1) is 0 Å². The van der Waals surface area contributed by atoms with Crippen LogP contribution in [-0.4, -0.2) is 24.2 Å². The number of rotatable bonds is 16. The van der Waals surface area contributed by atoms with Gasteiger partial charge in [0.15, 0.2) is 0 Å². The molecular formula is C47H51NO2. The van der Waals surface area contributed by atoms with Gasteiger partial charge in [0.1, 0.15) is 0 Å². The van der Waals surface area contributed by atoms with Crippen molar-refractivity contribution in [2.75, 3.05) is 18.0 Å². The van der Waals surface area contributed by atoms with Crippen LogP contribution >= 0.6 is 0 Å². The molecule has 0 aliphatic rings. The average Bonchev–Trinajstić information content (AvgIpc) is 3.15. The van der Waals surface area contributed by atoms with E-state index in [1.165, 1.54) is 82.7 Å².